The van der Waals surface area contributed by atoms with Gasteiger partial charge in [0.2, 0.25) is 0 Å². The van der Waals surface area contributed by atoms with Crippen molar-refractivity contribution in [1.29, 1.82) is 5.26 Å². The van der Waals surface area contributed by atoms with E-state index in [1.165, 1.54) is 0 Å². The monoisotopic (exact) mass is 406 g/mol. The molecule has 0 atom stereocenters. The molecule has 0 heterocycles. The Balaban J connectivity index is 1.93. The molecule has 0 fully saturated rings. The van der Waals surface area contributed by atoms with E-state index in [2.05, 4.69) is 27.9 Å². The van der Waals surface area contributed by atoms with Gasteiger partial charge in [-0.2, -0.15) is 5.26 Å². The summed E-state index contributed by atoms with van der Waals surface area (Å²) >= 11 is 2.09. The van der Waals surface area contributed by atoms with E-state index in [-0.39, 0.29) is 0 Å². The number of esters is 1. The molecule has 0 saturated heterocycles. The average molecular weight is 406 g/mol. The number of nitrogens with one attached hydrogen (secondary N) is 1. The Morgan fingerprint density at radius 2 is 1.95 bits per heavy atom. The number of carbonyl (C=O) groups is 2. The highest BCUT2D eigenvalue weighted by Gasteiger charge is 2.11. The zero-order valence-corrected chi connectivity index (χ0v) is 13.5. The van der Waals surface area contributed by atoms with Crippen molar-refractivity contribution in [3.8, 4) is 6.07 Å². The second-order valence-electron chi connectivity index (χ2n) is 4.29. The van der Waals surface area contributed by atoms with E-state index in [4.69, 9.17) is 10.00 Å². The van der Waals surface area contributed by atoms with Gasteiger partial charge < -0.3 is 10.1 Å². The number of nitrogens with zero attached hydrogens (tertiary/aromatic N) is 1. The van der Waals surface area contributed by atoms with Gasteiger partial charge in [-0.05, 0) is 52.9 Å². The molecule has 0 saturated carbocycles. The molecule has 0 radical (unpaired) electrons. The summed E-state index contributed by atoms with van der Waals surface area (Å²) < 4.78 is 5.86. The number of para-hydroxylation sites is 1. The summed E-state index contributed by atoms with van der Waals surface area (Å²) in [6.07, 6.45) is 0. The predicted octanol–water partition coefficient (Wildman–Crippen LogP) is 2.96. The molecule has 0 unspecified atom stereocenters. The summed E-state index contributed by atoms with van der Waals surface area (Å²) in [6.45, 7) is -0.413. The predicted molar refractivity (Wildman–Crippen MR) is 89.2 cm³/mol. The lowest BCUT2D eigenvalue weighted by Crippen LogP contribution is -2.21. The van der Waals surface area contributed by atoms with Gasteiger partial charge in [0.25, 0.3) is 5.91 Å². The lowest BCUT2D eigenvalue weighted by molar-refractivity contribution is -0.119. The van der Waals surface area contributed by atoms with Crippen LogP contribution >= 0.6 is 22.6 Å². The van der Waals surface area contributed by atoms with Crippen molar-refractivity contribution in [3.05, 3.63) is 63.2 Å². The summed E-state index contributed by atoms with van der Waals surface area (Å²) in [4.78, 5) is 23.6. The Bertz CT molecular complexity index is 753. The fourth-order valence-electron chi connectivity index (χ4n) is 1.71. The number of hydrogen-bond donors (Lipinski definition) is 1. The molecule has 0 aliphatic carbocycles. The SMILES string of the molecule is N#Cc1ccccc1NC(=O)COC(=O)c1cccc(I)c1. The smallest absolute Gasteiger partial charge is 0.338 e. The number of amides is 1. The number of rotatable bonds is 4. The molecule has 6 heteroatoms. The third kappa shape index (κ3) is 4.30. The normalized spacial score (nSPS) is 9.64. The van der Waals surface area contributed by atoms with Crippen LogP contribution in [-0.2, 0) is 9.53 Å². The number of halogens is 1. The van der Waals surface area contributed by atoms with E-state index in [0.29, 0.717) is 16.8 Å². The maximum Gasteiger partial charge on any atom is 0.338 e. The Hall–Kier alpha value is -2.40. The van der Waals surface area contributed by atoms with Crippen molar-refractivity contribution in [1.82, 2.24) is 0 Å². The van der Waals surface area contributed by atoms with Gasteiger partial charge in [0.05, 0.1) is 16.8 Å². The van der Waals surface area contributed by atoms with Crippen LogP contribution in [0, 0.1) is 14.9 Å². The standard InChI is InChI=1S/C16H11IN2O3/c17-13-6-3-5-11(8-13)16(21)22-10-15(20)19-14-7-2-1-4-12(14)9-18/h1-8H,10H2,(H,19,20). The fourth-order valence-corrected chi connectivity index (χ4v) is 2.25. The van der Waals surface area contributed by atoms with Crippen LogP contribution in [0.3, 0.4) is 0 Å². The largest absolute Gasteiger partial charge is 0.452 e. The van der Waals surface area contributed by atoms with Crippen LogP contribution in [0.1, 0.15) is 15.9 Å². The van der Waals surface area contributed by atoms with Crippen molar-refractivity contribution >= 4 is 40.2 Å². The van der Waals surface area contributed by atoms with Crippen molar-refractivity contribution in [2.24, 2.45) is 0 Å². The molecule has 22 heavy (non-hydrogen) atoms. The minimum atomic E-state index is -0.567. The van der Waals surface area contributed by atoms with Crippen molar-refractivity contribution < 1.29 is 14.3 Å². The van der Waals surface area contributed by atoms with Crippen LogP contribution in [0.15, 0.2) is 48.5 Å². The molecule has 0 bridgehead atoms. The molecule has 1 N–H and O–H groups in total. The van der Waals surface area contributed by atoms with Crippen molar-refractivity contribution in [3.63, 3.8) is 0 Å². The molecule has 5 nitrogen and oxygen atoms in total. The van der Waals surface area contributed by atoms with Gasteiger partial charge >= 0.3 is 5.97 Å². The van der Waals surface area contributed by atoms with Crippen LogP contribution in [-0.4, -0.2) is 18.5 Å². The van der Waals surface area contributed by atoms with Gasteiger partial charge in [-0.25, -0.2) is 4.79 Å². The Kier molecular flexibility index (Phi) is 5.49. The van der Waals surface area contributed by atoms with E-state index in [1.807, 2.05) is 12.1 Å². The number of ether oxygens (including phenoxy) is 1. The lowest BCUT2D eigenvalue weighted by Gasteiger charge is -2.08. The molecule has 1 amide bonds. The second kappa shape index (κ2) is 7.56. The number of hydrogen-bond acceptors (Lipinski definition) is 4. The second-order valence-corrected chi connectivity index (χ2v) is 5.54. The van der Waals surface area contributed by atoms with Crippen LogP contribution < -0.4 is 5.32 Å². The number of anilines is 1. The van der Waals surface area contributed by atoms with E-state index in [9.17, 15) is 9.59 Å². The fraction of sp³-hybridized carbons (Fsp3) is 0.0625. The van der Waals surface area contributed by atoms with Gasteiger partial charge in [-0.3, -0.25) is 4.79 Å². The molecule has 0 aliphatic heterocycles. The highest BCUT2D eigenvalue weighted by atomic mass is 127. The van der Waals surface area contributed by atoms with Crippen LogP contribution in [0.5, 0.6) is 0 Å². The summed E-state index contributed by atoms with van der Waals surface area (Å²) in [6, 6.07) is 15.5. The number of carbonyl (C=O) groups excluding carboxylic acids is 2. The molecule has 2 aromatic carbocycles. The van der Waals surface area contributed by atoms with Gasteiger partial charge in [0.1, 0.15) is 6.07 Å². The highest BCUT2D eigenvalue weighted by Crippen LogP contribution is 2.13. The lowest BCUT2D eigenvalue weighted by atomic mass is 10.2. The molecule has 110 valence electrons. The maximum absolute atomic E-state index is 11.8. The molecule has 0 aliphatic rings. The zero-order chi connectivity index (χ0) is 15.9. The topological polar surface area (TPSA) is 79.2 Å². The average Bonchev–Trinajstić information content (AvgIpc) is 2.53. The minimum absolute atomic E-state index is 0.347. The van der Waals surface area contributed by atoms with E-state index >= 15 is 0 Å². The first kappa shape index (κ1) is 16.0. The summed E-state index contributed by atoms with van der Waals surface area (Å²) in [5, 5.41) is 11.5. The first-order chi connectivity index (χ1) is 10.6. The molecule has 2 aromatic rings. The van der Waals surface area contributed by atoms with Crippen LogP contribution in [0.4, 0.5) is 5.69 Å². The highest BCUT2D eigenvalue weighted by molar-refractivity contribution is 14.1. The third-order valence-electron chi connectivity index (χ3n) is 2.72. The van der Waals surface area contributed by atoms with Crippen molar-refractivity contribution in [2.75, 3.05) is 11.9 Å². The molecule has 2 rings (SSSR count). The van der Waals surface area contributed by atoms with E-state index in [0.717, 1.165) is 3.57 Å². The Morgan fingerprint density at radius 3 is 2.68 bits per heavy atom. The maximum atomic E-state index is 11.8. The molecular formula is C16H11IN2O3. The minimum Gasteiger partial charge on any atom is -0.452 e. The summed E-state index contributed by atoms with van der Waals surface area (Å²) in [5.41, 5.74) is 1.12. The summed E-state index contributed by atoms with van der Waals surface area (Å²) in [7, 11) is 0. The van der Waals surface area contributed by atoms with Crippen molar-refractivity contribution in [2.45, 2.75) is 0 Å². The quantitative estimate of drug-likeness (QED) is 0.626. The van der Waals surface area contributed by atoms with Gasteiger partial charge in [0.15, 0.2) is 6.61 Å². The first-order valence-corrected chi connectivity index (χ1v) is 7.39. The van der Waals surface area contributed by atoms with Crippen LogP contribution in [0.2, 0.25) is 0 Å². The third-order valence-corrected chi connectivity index (χ3v) is 3.39. The van der Waals surface area contributed by atoms with Gasteiger partial charge in [-0.15, -0.1) is 0 Å². The first-order valence-electron chi connectivity index (χ1n) is 6.32. The molecular weight excluding hydrogens is 395 g/mol. The zero-order valence-electron chi connectivity index (χ0n) is 11.4. The molecule has 0 aromatic heterocycles. The molecule has 0 spiro atoms. The summed E-state index contributed by atoms with van der Waals surface area (Å²) in [5.74, 6) is -1.07. The number of nitriles is 1. The van der Waals surface area contributed by atoms with Crippen LogP contribution in [0.25, 0.3) is 0 Å². The number of benzene rings is 2. The van der Waals surface area contributed by atoms with E-state index in [1.54, 1.807) is 42.5 Å². The van der Waals surface area contributed by atoms with Gasteiger partial charge in [0, 0.05) is 3.57 Å². The van der Waals surface area contributed by atoms with E-state index < -0.39 is 18.5 Å². The Morgan fingerprint density at radius 1 is 1.18 bits per heavy atom. The Labute approximate surface area is 141 Å². The van der Waals surface area contributed by atoms with Gasteiger partial charge in [-0.1, -0.05) is 18.2 Å².